The van der Waals surface area contributed by atoms with E-state index in [1.165, 1.54) is 18.4 Å². The number of rotatable bonds is 3. The van der Waals surface area contributed by atoms with Gasteiger partial charge in [-0.1, -0.05) is 15.9 Å². The third-order valence-corrected chi connectivity index (χ3v) is 3.66. The molecule has 0 unspecified atom stereocenters. The zero-order chi connectivity index (χ0) is 13.1. The van der Waals surface area contributed by atoms with Gasteiger partial charge in [0.1, 0.15) is 10.8 Å². The molecule has 0 aliphatic heterocycles. The van der Waals surface area contributed by atoms with Crippen molar-refractivity contribution < 1.29 is 14.3 Å². The lowest BCUT2D eigenvalue weighted by Gasteiger charge is -2.05. The van der Waals surface area contributed by atoms with Crippen LogP contribution in [0.2, 0.25) is 0 Å². The maximum atomic E-state index is 11.4. The van der Waals surface area contributed by atoms with Crippen LogP contribution in [0.15, 0.2) is 28.1 Å². The molecule has 0 saturated carbocycles. The van der Waals surface area contributed by atoms with Crippen molar-refractivity contribution in [1.29, 1.82) is 0 Å². The van der Waals surface area contributed by atoms with Gasteiger partial charge >= 0.3 is 5.97 Å². The molecule has 0 spiro atoms. The number of benzene rings is 1. The zero-order valence-corrected chi connectivity index (χ0v) is 12.2. The number of ether oxygens (including phenoxy) is 2. The summed E-state index contributed by atoms with van der Waals surface area (Å²) in [5.74, 6) is 0.274. The molecule has 0 aliphatic rings. The highest BCUT2D eigenvalue weighted by Crippen LogP contribution is 2.34. The Hall–Kier alpha value is -1.40. The van der Waals surface area contributed by atoms with Gasteiger partial charge in [-0.05, 0) is 18.2 Å². The molecule has 0 amide bonds. The lowest BCUT2D eigenvalue weighted by Crippen LogP contribution is -2.01. The number of carbonyl (C=O) groups is 1. The van der Waals surface area contributed by atoms with E-state index in [-0.39, 0.29) is 0 Å². The molecule has 6 heteroatoms. The van der Waals surface area contributed by atoms with E-state index in [1.807, 2.05) is 18.2 Å². The van der Waals surface area contributed by atoms with Crippen molar-refractivity contribution in [2.45, 2.75) is 0 Å². The van der Waals surface area contributed by atoms with Crippen LogP contribution in [0.1, 0.15) is 10.5 Å². The number of hydrogen-bond donors (Lipinski definition) is 0. The first-order valence-electron chi connectivity index (χ1n) is 5.03. The average molecular weight is 328 g/mol. The Balaban J connectivity index is 2.45. The third kappa shape index (κ3) is 2.54. The normalized spacial score (nSPS) is 10.2. The van der Waals surface area contributed by atoms with Crippen molar-refractivity contribution in [1.82, 2.24) is 4.98 Å². The highest BCUT2D eigenvalue weighted by atomic mass is 79.9. The van der Waals surface area contributed by atoms with Crippen molar-refractivity contribution in [3.63, 3.8) is 0 Å². The lowest BCUT2D eigenvalue weighted by atomic mass is 10.2. The number of carbonyl (C=O) groups excluding carboxylic acids is 1. The summed E-state index contributed by atoms with van der Waals surface area (Å²) in [6.45, 7) is 0. The van der Waals surface area contributed by atoms with Crippen molar-refractivity contribution in [2.75, 3.05) is 14.2 Å². The molecule has 94 valence electrons. The first-order chi connectivity index (χ1) is 8.65. The van der Waals surface area contributed by atoms with E-state index in [0.717, 1.165) is 10.0 Å². The fourth-order valence-corrected chi connectivity index (χ4v) is 2.61. The molecule has 0 fully saturated rings. The van der Waals surface area contributed by atoms with Crippen LogP contribution < -0.4 is 4.74 Å². The predicted molar refractivity (Wildman–Crippen MR) is 73.1 cm³/mol. The summed E-state index contributed by atoms with van der Waals surface area (Å²) < 4.78 is 10.8. The molecule has 4 nitrogen and oxygen atoms in total. The quantitative estimate of drug-likeness (QED) is 0.811. The van der Waals surface area contributed by atoms with Gasteiger partial charge < -0.3 is 9.47 Å². The molecule has 1 heterocycles. The van der Waals surface area contributed by atoms with Gasteiger partial charge in [0, 0.05) is 9.85 Å². The molecule has 1 aromatic heterocycles. The minimum absolute atomic E-state index is 0.305. The zero-order valence-electron chi connectivity index (χ0n) is 9.77. The van der Waals surface area contributed by atoms with Gasteiger partial charge in [0.25, 0.3) is 0 Å². The number of nitrogens with zero attached hydrogens (tertiary/aromatic N) is 1. The number of methoxy groups -OCH3 is 2. The van der Waals surface area contributed by atoms with E-state index in [2.05, 4.69) is 25.7 Å². The number of hydrogen-bond acceptors (Lipinski definition) is 5. The van der Waals surface area contributed by atoms with Crippen LogP contribution in [0.25, 0.3) is 10.6 Å². The summed E-state index contributed by atoms with van der Waals surface area (Å²) in [4.78, 5) is 15.6. The van der Waals surface area contributed by atoms with E-state index >= 15 is 0 Å². The fraction of sp³-hybridized carbons (Fsp3) is 0.167. The Morgan fingerprint density at radius 3 is 2.83 bits per heavy atom. The maximum absolute atomic E-state index is 11.4. The topological polar surface area (TPSA) is 48.4 Å². The van der Waals surface area contributed by atoms with Gasteiger partial charge in [0.2, 0.25) is 0 Å². The molecule has 18 heavy (non-hydrogen) atoms. The second-order valence-corrected chi connectivity index (χ2v) is 5.15. The lowest BCUT2D eigenvalue weighted by molar-refractivity contribution is 0.0595. The van der Waals surface area contributed by atoms with Gasteiger partial charge in [-0.25, -0.2) is 9.78 Å². The predicted octanol–water partition coefficient (Wildman–Crippen LogP) is 3.37. The Bertz CT molecular complexity index is 582. The largest absolute Gasteiger partial charge is 0.496 e. The van der Waals surface area contributed by atoms with Gasteiger partial charge in [-0.2, -0.15) is 0 Å². The monoisotopic (exact) mass is 327 g/mol. The van der Waals surface area contributed by atoms with Crippen LogP contribution in [0.5, 0.6) is 5.75 Å². The van der Waals surface area contributed by atoms with Crippen LogP contribution in [-0.2, 0) is 4.74 Å². The smallest absolute Gasteiger partial charge is 0.357 e. The van der Waals surface area contributed by atoms with Crippen LogP contribution >= 0.6 is 27.3 Å². The van der Waals surface area contributed by atoms with E-state index in [4.69, 9.17) is 4.74 Å². The Kier molecular flexibility index (Phi) is 3.98. The van der Waals surface area contributed by atoms with Crippen molar-refractivity contribution in [2.24, 2.45) is 0 Å². The molecule has 2 rings (SSSR count). The Morgan fingerprint density at radius 1 is 1.39 bits per heavy atom. The van der Waals surface area contributed by atoms with Crippen molar-refractivity contribution in [3.05, 3.63) is 33.7 Å². The van der Waals surface area contributed by atoms with E-state index in [9.17, 15) is 4.79 Å². The van der Waals surface area contributed by atoms with E-state index in [1.54, 1.807) is 12.5 Å². The first kappa shape index (κ1) is 13.0. The minimum atomic E-state index is -0.438. The average Bonchev–Trinajstić information content (AvgIpc) is 2.87. The van der Waals surface area contributed by atoms with Gasteiger partial charge in [0.05, 0.1) is 19.8 Å². The first-order valence-corrected chi connectivity index (χ1v) is 6.70. The number of aromatic nitrogens is 1. The van der Waals surface area contributed by atoms with Gasteiger partial charge in [-0.3, -0.25) is 0 Å². The molecule has 0 radical (unpaired) electrons. The summed E-state index contributed by atoms with van der Waals surface area (Å²) in [5.41, 5.74) is 1.14. The molecule has 0 atom stereocenters. The SMILES string of the molecule is COC(=O)c1csc(-c2cc(Br)ccc2OC)n1. The third-order valence-electron chi connectivity index (χ3n) is 2.29. The maximum Gasteiger partial charge on any atom is 0.357 e. The standard InChI is InChI=1S/C12H10BrNO3S/c1-16-10-4-3-7(13)5-8(10)11-14-9(6-18-11)12(15)17-2/h3-6H,1-2H3. The summed E-state index contributed by atoms with van der Waals surface area (Å²) in [6, 6.07) is 5.63. The molecule has 1 aromatic carbocycles. The van der Waals surface area contributed by atoms with Crippen LogP contribution in [0.3, 0.4) is 0 Å². The highest BCUT2D eigenvalue weighted by molar-refractivity contribution is 9.10. The minimum Gasteiger partial charge on any atom is -0.496 e. The summed E-state index contributed by atoms with van der Waals surface area (Å²) in [6.07, 6.45) is 0. The second-order valence-electron chi connectivity index (χ2n) is 3.37. The highest BCUT2D eigenvalue weighted by Gasteiger charge is 2.14. The van der Waals surface area contributed by atoms with Crippen molar-refractivity contribution >= 4 is 33.2 Å². The second kappa shape index (κ2) is 5.49. The van der Waals surface area contributed by atoms with Crippen molar-refractivity contribution in [3.8, 4) is 16.3 Å². The molecular weight excluding hydrogens is 318 g/mol. The van der Waals surface area contributed by atoms with E-state index in [0.29, 0.717) is 16.5 Å². The molecule has 0 N–H and O–H groups in total. The number of halogens is 1. The number of esters is 1. The molecule has 0 saturated heterocycles. The van der Waals surface area contributed by atoms with Gasteiger partial charge in [0.15, 0.2) is 5.69 Å². The summed E-state index contributed by atoms with van der Waals surface area (Å²) in [7, 11) is 2.93. The number of thiazole rings is 1. The Labute approximate surface area is 117 Å². The molecular formula is C12H10BrNO3S. The Morgan fingerprint density at radius 2 is 2.17 bits per heavy atom. The fourth-order valence-electron chi connectivity index (χ4n) is 1.44. The van der Waals surface area contributed by atoms with Crippen LogP contribution in [-0.4, -0.2) is 25.2 Å². The molecule has 0 aliphatic carbocycles. The summed E-state index contributed by atoms with van der Waals surface area (Å²) in [5, 5.41) is 2.38. The molecule has 2 aromatic rings. The molecule has 0 bridgehead atoms. The summed E-state index contributed by atoms with van der Waals surface area (Å²) >= 11 is 4.77. The van der Waals surface area contributed by atoms with Gasteiger partial charge in [-0.15, -0.1) is 11.3 Å². The van der Waals surface area contributed by atoms with Crippen LogP contribution in [0, 0.1) is 0 Å². The van der Waals surface area contributed by atoms with E-state index < -0.39 is 5.97 Å². The van der Waals surface area contributed by atoms with Crippen LogP contribution in [0.4, 0.5) is 0 Å².